The predicted octanol–water partition coefficient (Wildman–Crippen LogP) is 2.21. The van der Waals surface area contributed by atoms with Gasteiger partial charge in [-0.25, -0.2) is 9.67 Å². The number of carbonyl (C=O) groups is 1. The molecule has 0 spiro atoms. The number of aromatic nitrogens is 4. The van der Waals surface area contributed by atoms with Crippen LogP contribution in [0.25, 0.3) is 0 Å². The Morgan fingerprint density at radius 1 is 1.29 bits per heavy atom. The summed E-state index contributed by atoms with van der Waals surface area (Å²) in [5.41, 5.74) is 1.51. The molecule has 2 aromatic heterocycles. The summed E-state index contributed by atoms with van der Waals surface area (Å²) in [4.78, 5) is 18.2. The van der Waals surface area contributed by atoms with Gasteiger partial charge in [0.05, 0.1) is 17.9 Å². The van der Waals surface area contributed by atoms with E-state index < -0.39 is 0 Å². The maximum absolute atomic E-state index is 12.4. The Morgan fingerprint density at radius 3 is 2.88 bits per heavy atom. The van der Waals surface area contributed by atoms with Crippen molar-refractivity contribution in [3.05, 3.63) is 22.5 Å². The number of anilines is 1. The molecule has 1 aliphatic heterocycles. The van der Waals surface area contributed by atoms with E-state index in [0.29, 0.717) is 16.9 Å². The van der Waals surface area contributed by atoms with Crippen molar-refractivity contribution in [2.24, 2.45) is 0 Å². The number of carbonyl (C=O) groups excluding carboxylic acids is 1. The molecule has 0 bridgehead atoms. The Morgan fingerprint density at radius 2 is 2.08 bits per heavy atom. The lowest BCUT2D eigenvalue weighted by Crippen LogP contribution is -2.29. The van der Waals surface area contributed by atoms with Gasteiger partial charge in [0.1, 0.15) is 0 Å². The summed E-state index contributed by atoms with van der Waals surface area (Å²) < 4.78 is 1.82. The standard InChI is InChI=1S/C15H20N6OS.ClH/c22-14(18-15-17-11-3-1-2-4-13(11)23-15)12-9-21(20-19-12)10-5-7-16-8-6-10;/h9-10,16H,1-8H2,(H,17,18,22);1H. The number of aryl methyl sites for hydroxylation is 2. The molecule has 0 saturated carbocycles. The lowest BCUT2D eigenvalue weighted by Gasteiger charge is -2.21. The molecule has 1 aliphatic carbocycles. The second-order valence-corrected chi connectivity index (χ2v) is 7.20. The van der Waals surface area contributed by atoms with Crippen LogP contribution in [0, 0.1) is 0 Å². The third-order valence-corrected chi connectivity index (χ3v) is 5.56. The molecule has 0 radical (unpaired) electrons. The van der Waals surface area contributed by atoms with Crippen LogP contribution in [-0.4, -0.2) is 39.0 Å². The van der Waals surface area contributed by atoms with Crippen LogP contribution in [-0.2, 0) is 12.8 Å². The Labute approximate surface area is 150 Å². The number of piperidine rings is 1. The smallest absolute Gasteiger partial charge is 0.279 e. The Kier molecular flexibility index (Phi) is 5.47. The van der Waals surface area contributed by atoms with Crippen LogP contribution < -0.4 is 10.6 Å². The summed E-state index contributed by atoms with van der Waals surface area (Å²) in [6.07, 6.45) is 8.29. The summed E-state index contributed by atoms with van der Waals surface area (Å²) in [6.45, 7) is 1.97. The molecule has 3 heterocycles. The van der Waals surface area contributed by atoms with Crippen molar-refractivity contribution in [2.75, 3.05) is 18.4 Å². The molecule has 1 amide bonds. The van der Waals surface area contributed by atoms with E-state index in [9.17, 15) is 4.79 Å². The molecule has 0 atom stereocenters. The van der Waals surface area contributed by atoms with E-state index in [1.807, 2.05) is 4.68 Å². The molecular formula is C15H21ClN6OS. The number of fused-ring (bicyclic) bond motifs is 1. The topological polar surface area (TPSA) is 84.7 Å². The molecule has 130 valence electrons. The van der Waals surface area contributed by atoms with Crippen LogP contribution in [0.1, 0.15) is 52.8 Å². The molecule has 2 N–H and O–H groups in total. The molecule has 2 aromatic rings. The summed E-state index contributed by atoms with van der Waals surface area (Å²) in [5.74, 6) is -0.226. The normalized spacial score (nSPS) is 17.8. The van der Waals surface area contributed by atoms with Gasteiger partial charge in [-0.2, -0.15) is 0 Å². The monoisotopic (exact) mass is 368 g/mol. The van der Waals surface area contributed by atoms with Gasteiger partial charge in [0.2, 0.25) is 0 Å². The highest BCUT2D eigenvalue weighted by atomic mass is 35.5. The predicted molar refractivity (Wildman–Crippen MR) is 95.1 cm³/mol. The number of halogens is 1. The molecule has 0 aromatic carbocycles. The average Bonchev–Trinajstić information content (AvgIpc) is 3.22. The Bertz CT molecular complexity index is 685. The van der Waals surface area contributed by atoms with Gasteiger partial charge < -0.3 is 5.32 Å². The molecule has 24 heavy (non-hydrogen) atoms. The third kappa shape index (κ3) is 3.60. The largest absolute Gasteiger partial charge is 0.317 e. The first-order valence-electron chi connectivity index (χ1n) is 8.22. The first-order valence-corrected chi connectivity index (χ1v) is 9.04. The van der Waals surface area contributed by atoms with Crippen LogP contribution >= 0.6 is 23.7 Å². The number of amides is 1. The van der Waals surface area contributed by atoms with Crippen molar-refractivity contribution in [3.8, 4) is 0 Å². The zero-order valence-corrected chi connectivity index (χ0v) is 15.0. The first-order chi connectivity index (χ1) is 11.3. The number of thiazole rings is 1. The summed E-state index contributed by atoms with van der Waals surface area (Å²) in [6, 6.07) is 0.331. The fourth-order valence-corrected chi connectivity index (χ4v) is 4.24. The molecule has 1 fully saturated rings. The minimum absolute atomic E-state index is 0. The SMILES string of the molecule is Cl.O=C(Nc1nc2c(s1)CCCC2)c1cn(C2CCNCC2)nn1. The molecule has 0 unspecified atom stereocenters. The lowest BCUT2D eigenvalue weighted by molar-refractivity contribution is 0.102. The Balaban J connectivity index is 0.00000169. The van der Waals surface area contributed by atoms with Gasteiger partial charge >= 0.3 is 0 Å². The van der Waals surface area contributed by atoms with E-state index in [-0.39, 0.29) is 18.3 Å². The number of hydrogen-bond donors (Lipinski definition) is 2. The maximum atomic E-state index is 12.4. The average molecular weight is 369 g/mol. The number of rotatable bonds is 3. The Hall–Kier alpha value is -1.51. The maximum Gasteiger partial charge on any atom is 0.279 e. The van der Waals surface area contributed by atoms with E-state index in [1.165, 1.54) is 17.7 Å². The van der Waals surface area contributed by atoms with E-state index >= 15 is 0 Å². The van der Waals surface area contributed by atoms with Crippen molar-refractivity contribution in [1.29, 1.82) is 0 Å². The number of nitrogens with one attached hydrogen (secondary N) is 2. The second kappa shape index (κ2) is 7.58. The highest BCUT2D eigenvalue weighted by Gasteiger charge is 2.20. The van der Waals surface area contributed by atoms with Crippen molar-refractivity contribution < 1.29 is 4.79 Å². The van der Waals surface area contributed by atoms with Crippen molar-refractivity contribution >= 4 is 34.8 Å². The summed E-state index contributed by atoms with van der Waals surface area (Å²) >= 11 is 1.59. The van der Waals surface area contributed by atoms with E-state index in [4.69, 9.17) is 0 Å². The highest BCUT2D eigenvalue weighted by molar-refractivity contribution is 7.15. The van der Waals surface area contributed by atoms with Crippen LogP contribution in [0.15, 0.2) is 6.20 Å². The van der Waals surface area contributed by atoms with Gasteiger partial charge in [-0.15, -0.1) is 28.8 Å². The molecular weight excluding hydrogens is 348 g/mol. The highest BCUT2D eigenvalue weighted by Crippen LogP contribution is 2.29. The van der Waals surface area contributed by atoms with Gasteiger partial charge in [-0.05, 0) is 51.6 Å². The lowest BCUT2D eigenvalue weighted by atomic mass is 10.0. The van der Waals surface area contributed by atoms with Gasteiger partial charge in [-0.1, -0.05) is 5.21 Å². The zero-order chi connectivity index (χ0) is 15.6. The van der Waals surface area contributed by atoms with Crippen LogP contribution in [0.5, 0.6) is 0 Å². The van der Waals surface area contributed by atoms with Crippen molar-refractivity contribution in [3.63, 3.8) is 0 Å². The number of hydrogen-bond acceptors (Lipinski definition) is 6. The van der Waals surface area contributed by atoms with E-state index in [1.54, 1.807) is 17.5 Å². The third-order valence-electron chi connectivity index (χ3n) is 4.49. The minimum Gasteiger partial charge on any atom is -0.317 e. The molecule has 1 saturated heterocycles. The molecule has 9 heteroatoms. The summed E-state index contributed by atoms with van der Waals surface area (Å²) in [5, 5.41) is 15.0. The van der Waals surface area contributed by atoms with Crippen LogP contribution in [0.3, 0.4) is 0 Å². The van der Waals surface area contributed by atoms with Gasteiger partial charge in [0.25, 0.3) is 5.91 Å². The van der Waals surface area contributed by atoms with Gasteiger partial charge in [0, 0.05) is 4.88 Å². The van der Waals surface area contributed by atoms with E-state index in [2.05, 4.69) is 25.9 Å². The van der Waals surface area contributed by atoms with Crippen molar-refractivity contribution in [2.45, 2.75) is 44.6 Å². The number of nitrogens with zero attached hydrogens (tertiary/aromatic N) is 4. The summed E-state index contributed by atoms with van der Waals surface area (Å²) in [7, 11) is 0. The fraction of sp³-hybridized carbons (Fsp3) is 0.600. The molecule has 2 aliphatic rings. The second-order valence-electron chi connectivity index (χ2n) is 6.12. The van der Waals surface area contributed by atoms with Gasteiger partial charge in [-0.3, -0.25) is 10.1 Å². The fourth-order valence-electron chi connectivity index (χ4n) is 3.20. The van der Waals surface area contributed by atoms with Gasteiger partial charge in [0.15, 0.2) is 10.8 Å². The molecule has 7 nitrogen and oxygen atoms in total. The zero-order valence-electron chi connectivity index (χ0n) is 13.3. The minimum atomic E-state index is -0.226. The van der Waals surface area contributed by atoms with E-state index in [0.717, 1.165) is 44.5 Å². The quantitative estimate of drug-likeness (QED) is 0.867. The van der Waals surface area contributed by atoms with Crippen molar-refractivity contribution in [1.82, 2.24) is 25.3 Å². The van der Waals surface area contributed by atoms with Crippen LogP contribution in [0.2, 0.25) is 0 Å². The first kappa shape index (κ1) is 17.3. The van der Waals surface area contributed by atoms with Crippen LogP contribution in [0.4, 0.5) is 5.13 Å². The molecule has 4 rings (SSSR count).